The molecule has 0 saturated carbocycles. The summed E-state index contributed by atoms with van der Waals surface area (Å²) in [5.74, 6) is 0.851. The molecule has 0 amide bonds. The quantitative estimate of drug-likeness (QED) is 0.0681. The Labute approximate surface area is 291 Å². The summed E-state index contributed by atoms with van der Waals surface area (Å²) in [5.41, 5.74) is 3.99. The van der Waals surface area contributed by atoms with Crippen molar-refractivity contribution in [3.05, 3.63) is 89.2 Å². The minimum atomic E-state index is -3.69. The van der Waals surface area contributed by atoms with E-state index in [-0.39, 0.29) is 24.0 Å². The van der Waals surface area contributed by atoms with Crippen LogP contribution in [-0.2, 0) is 30.2 Å². The molecule has 5 nitrogen and oxygen atoms in total. The second kappa shape index (κ2) is 21.8. The standard InChI is InChI=1S/C38H57N2O3S.HI/c1-5-6-7-8-9-10-11-12-13-14-15-16-17-18-29-43-37-22-21-36(34(3)30-37)32-40(31-35-25-27-39(4)28-26-35)44(41,42)38-23-19-33(2)20-24-38;/h19-28,30H,5-18,29,31-32H2,1-4H3;1H/q+1;/p-1. The Balaban J connectivity index is 0.00000705. The molecule has 2 aromatic carbocycles. The number of ether oxygens (including phenoxy) is 1. The van der Waals surface area contributed by atoms with E-state index in [1.165, 1.54) is 83.5 Å². The Hall–Kier alpha value is -1.97. The average molecular weight is 749 g/mol. The fourth-order valence-electron chi connectivity index (χ4n) is 5.54. The summed E-state index contributed by atoms with van der Waals surface area (Å²) in [7, 11) is -1.74. The molecule has 0 spiro atoms. The highest BCUT2D eigenvalue weighted by atomic mass is 127. The fraction of sp³-hybridized carbons (Fsp3) is 0.553. The van der Waals surface area contributed by atoms with Crippen molar-refractivity contribution in [1.29, 1.82) is 0 Å². The van der Waals surface area contributed by atoms with Gasteiger partial charge >= 0.3 is 0 Å². The van der Waals surface area contributed by atoms with E-state index in [2.05, 4.69) is 6.92 Å². The molecule has 0 bridgehead atoms. The van der Waals surface area contributed by atoms with Crippen LogP contribution in [0.4, 0.5) is 0 Å². The van der Waals surface area contributed by atoms with Crippen LogP contribution in [0.15, 0.2) is 71.9 Å². The first-order chi connectivity index (χ1) is 21.3. The molecule has 0 unspecified atom stereocenters. The van der Waals surface area contributed by atoms with Crippen molar-refractivity contribution in [1.82, 2.24) is 4.31 Å². The van der Waals surface area contributed by atoms with E-state index in [1.807, 2.05) is 80.3 Å². The van der Waals surface area contributed by atoms with Gasteiger partial charge in [0.15, 0.2) is 12.4 Å². The highest BCUT2D eigenvalue weighted by Crippen LogP contribution is 2.25. The van der Waals surface area contributed by atoms with Crippen molar-refractivity contribution in [2.75, 3.05) is 6.61 Å². The number of aromatic nitrogens is 1. The van der Waals surface area contributed by atoms with E-state index in [0.717, 1.165) is 41.0 Å². The summed E-state index contributed by atoms with van der Waals surface area (Å²) in [6.07, 6.45) is 22.7. The van der Waals surface area contributed by atoms with Gasteiger partial charge in [-0.05, 0) is 61.2 Å². The van der Waals surface area contributed by atoms with Gasteiger partial charge in [0.25, 0.3) is 0 Å². The molecule has 1 aromatic heterocycles. The van der Waals surface area contributed by atoms with Crippen molar-refractivity contribution in [3.8, 4) is 5.75 Å². The number of hydrogen-bond donors (Lipinski definition) is 0. The first kappa shape index (κ1) is 39.2. The van der Waals surface area contributed by atoms with Crippen LogP contribution in [0.2, 0.25) is 0 Å². The molecule has 3 aromatic rings. The third kappa shape index (κ3) is 14.6. The summed E-state index contributed by atoms with van der Waals surface area (Å²) in [4.78, 5) is 0.315. The number of benzene rings is 2. The summed E-state index contributed by atoms with van der Waals surface area (Å²) >= 11 is 0. The number of hydrogen-bond acceptors (Lipinski definition) is 3. The Morgan fingerprint density at radius 3 is 1.76 bits per heavy atom. The number of aryl methyl sites for hydroxylation is 3. The van der Waals surface area contributed by atoms with Gasteiger partial charge in [-0.1, -0.05) is 114 Å². The van der Waals surface area contributed by atoms with E-state index < -0.39 is 10.0 Å². The van der Waals surface area contributed by atoms with Gasteiger partial charge in [-0.3, -0.25) is 0 Å². The van der Waals surface area contributed by atoms with E-state index in [4.69, 9.17) is 4.74 Å². The minimum absolute atomic E-state index is 0. The number of unbranched alkanes of at least 4 members (excludes halogenated alkanes) is 13. The normalized spacial score (nSPS) is 11.5. The smallest absolute Gasteiger partial charge is 0.243 e. The SMILES string of the molecule is CCCCCCCCCCCCCCCCOc1ccc(CN(Cc2cc[n+](C)cc2)S(=O)(=O)c2ccc(C)cc2)c(C)c1.[I-]. The Kier molecular flexibility index (Phi) is 19.0. The van der Waals surface area contributed by atoms with Crippen LogP contribution in [0.5, 0.6) is 5.75 Å². The molecule has 0 saturated heterocycles. The molecule has 45 heavy (non-hydrogen) atoms. The van der Waals surface area contributed by atoms with Crippen molar-refractivity contribution in [2.24, 2.45) is 7.05 Å². The lowest BCUT2D eigenvalue weighted by molar-refractivity contribution is -0.671. The van der Waals surface area contributed by atoms with Crippen LogP contribution in [0.25, 0.3) is 0 Å². The molecule has 250 valence electrons. The van der Waals surface area contributed by atoms with Gasteiger partial charge in [-0.2, -0.15) is 4.31 Å². The highest BCUT2D eigenvalue weighted by Gasteiger charge is 2.26. The maximum atomic E-state index is 13.8. The molecule has 0 aliphatic rings. The zero-order valence-corrected chi connectivity index (χ0v) is 31.3. The van der Waals surface area contributed by atoms with Gasteiger partial charge in [0.1, 0.15) is 12.8 Å². The molecular formula is C38H57IN2O3S. The van der Waals surface area contributed by atoms with E-state index in [1.54, 1.807) is 16.4 Å². The fourth-order valence-corrected chi connectivity index (χ4v) is 6.94. The van der Waals surface area contributed by atoms with Gasteiger partial charge in [0.05, 0.1) is 11.5 Å². The lowest BCUT2D eigenvalue weighted by atomic mass is 10.0. The Morgan fingerprint density at radius 1 is 0.689 bits per heavy atom. The van der Waals surface area contributed by atoms with Crippen molar-refractivity contribution in [3.63, 3.8) is 0 Å². The molecule has 0 N–H and O–H groups in total. The zero-order valence-electron chi connectivity index (χ0n) is 28.3. The van der Waals surface area contributed by atoms with Gasteiger partial charge in [-0.25, -0.2) is 13.0 Å². The largest absolute Gasteiger partial charge is 1.00 e. The topological polar surface area (TPSA) is 50.5 Å². The molecule has 0 radical (unpaired) electrons. The lowest BCUT2D eigenvalue weighted by Gasteiger charge is -2.23. The maximum absolute atomic E-state index is 13.8. The van der Waals surface area contributed by atoms with Gasteiger partial charge in [-0.15, -0.1) is 0 Å². The third-order valence-electron chi connectivity index (χ3n) is 8.49. The number of halogens is 1. The lowest BCUT2D eigenvalue weighted by Crippen LogP contribution is -3.00. The Bertz CT molecular complexity index is 1330. The molecular weight excluding hydrogens is 691 g/mol. The van der Waals surface area contributed by atoms with Crippen LogP contribution in [-0.4, -0.2) is 19.3 Å². The molecule has 0 atom stereocenters. The summed E-state index contributed by atoms with van der Waals surface area (Å²) in [6.45, 7) is 7.59. The van der Waals surface area contributed by atoms with Crippen molar-refractivity contribution < 1.29 is 41.7 Å². The molecule has 1 heterocycles. The number of rotatable bonds is 22. The predicted molar refractivity (Wildman–Crippen MR) is 182 cm³/mol. The van der Waals surface area contributed by atoms with Gasteiger partial charge < -0.3 is 28.7 Å². The highest BCUT2D eigenvalue weighted by molar-refractivity contribution is 7.89. The maximum Gasteiger partial charge on any atom is 0.243 e. The molecule has 0 aliphatic heterocycles. The minimum Gasteiger partial charge on any atom is -1.00 e. The van der Waals surface area contributed by atoms with Gasteiger partial charge in [0, 0.05) is 25.2 Å². The predicted octanol–water partition coefficient (Wildman–Crippen LogP) is 6.38. The van der Waals surface area contributed by atoms with Crippen LogP contribution in [0.1, 0.15) is 119 Å². The van der Waals surface area contributed by atoms with Crippen LogP contribution < -0.4 is 33.3 Å². The molecule has 7 heteroatoms. The number of sulfonamides is 1. The van der Waals surface area contributed by atoms with Crippen molar-refractivity contribution >= 4 is 10.0 Å². The van der Waals surface area contributed by atoms with Crippen LogP contribution in [0, 0.1) is 13.8 Å². The Morgan fingerprint density at radius 2 is 1.22 bits per heavy atom. The molecule has 3 rings (SSSR count). The van der Waals surface area contributed by atoms with Crippen LogP contribution in [0.3, 0.4) is 0 Å². The van der Waals surface area contributed by atoms with Gasteiger partial charge in [0.2, 0.25) is 10.0 Å². The number of pyridine rings is 1. The average Bonchev–Trinajstić information content (AvgIpc) is 3.01. The molecule has 0 aliphatic carbocycles. The second-order valence-corrected chi connectivity index (χ2v) is 14.4. The first-order valence-corrected chi connectivity index (χ1v) is 18.5. The second-order valence-electron chi connectivity index (χ2n) is 12.5. The van der Waals surface area contributed by atoms with E-state index >= 15 is 0 Å². The van der Waals surface area contributed by atoms with E-state index in [0.29, 0.717) is 18.0 Å². The monoisotopic (exact) mass is 748 g/mol. The summed E-state index contributed by atoms with van der Waals surface area (Å²) in [5, 5.41) is 0. The first-order valence-electron chi connectivity index (χ1n) is 17.0. The van der Waals surface area contributed by atoms with Crippen molar-refractivity contribution in [2.45, 2.75) is 129 Å². The zero-order chi connectivity index (χ0) is 31.6. The third-order valence-corrected chi connectivity index (χ3v) is 10.3. The number of nitrogens with zero attached hydrogens (tertiary/aromatic N) is 2. The molecule has 0 fully saturated rings. The van der Waals surface area contributed by atoms with E-state index in [9.17, 15) is 8.42 Å². The van der Waals surface area contributed by atoms with Crippen LogP contribution >= 0.6 is 0 Å². The summed E-state index contributed by atoms with van der Waals surface area (Å²) in [6, 6.07) is 17.1. The summed E-state index contributed by atoms with van der Waals surface area (Å²) < 4.78 is 37.1.